The third-order valence-electron chi connectivity index (χ3n) is 2.78. The molecule has 2 atom stereocenters. The second kappa shape index (κ2) is 7.74. The van der Waals surface area contributed by atoms with Gasteiger partial charge in [-0.15, -0.1) is 0 Å². The molecule has 20 heavy (non-hydrogen) atoms. The predicted molar refractivity (Wildman–Crippen MR) is 70.5 cm³/mol. The lowest BCUT2D eigenvalue weighted by atomic mass is 10.1. The number of ketones is 1. The Hall–Kier alpha value is -1.76. The second-order valence-corrected chi connectivity index (χ2v) is 4.84. The number of carbonyl (C=O) groups is 3. The van der Waals surface area contributed by atoms with E-state index in [4.69, 9.17) is 14.9 Å². The summed E-state index contributed by atoms with van der Waals surface area (Å²) in [7, 11) is 0. The Bertz CT molecular complexity index is 390. The van der Waals surface area contributed by atoms with E-state index >= 15 is 0 Å². The summed E-state index contributed by atoms with van der Waals surface area (Å²) >= 11 is 0. The summed E-state index contributed by atoms with van der Waals surface area (Å²) in [6, 6.07) is -0.891. The molecule has 0 aromatic carbocycles. The fraction of sp³-hybridized carbons (Fsp3) is 0.692. The van der Waals surface area contributed by atoms with E-state index in [0.29, 0.717) is 19.2 Å². The van der Waals surface area contributed by atoms with Crippen molar-refractivity contribution in [1.29, 1.82) is 5.41 Å². The van der Waals surface area contributed by atoms with Gasteiger partial charge in [0.15, 0.2) is 5.78 Å². The third kappa shape index (κ3) is 5.08. The molecule has 0 bridgehead atoms. The van der Waals surface area contributed by atoms with Crippen molar-refractivity contribution < 1.29 is 23.9 Å². The zero-order chi connectivity index (χ0) is 15.1. The molecule has 1 aliphatic heterocycles. The van der Waals surface area contributed by atoms with Gasteiger partial charge in [0.05, 0.1) is 18.9 Å². The number of ether oxygens (including phenoxy) is 2. The van der Waals surface area contributed by atoms with Crippen LogP contribution in [0, 0.1) is 5.41 Å². The lowest BCUT2D eigenvalue weighted by Crippen LogP contribution is -2.50. The van der Waals surface area contributed by atoms with Gasteiger partial charge in [0.25, 0.3) is 0 Å². The van der Waals surface area contributed by atoms with Gasteiger partial charge in [-0.1, -0.05) is 0 Å². The molecule has 1 amide bonds. The van der Waals surface area contributed by atoms with Crippen LogP contribution in [0.3, 0.4) is 0 Å². The molecule has 0 saturated carbocycles. The second-order valence-electron chi connectivity index (χ2n) is 4.84. The molecule has 0 unspecified atom stereocenters. The van der Waals surface area contributed by atoms with Crippen LogP contribution in [0.2, 0.25) is 0 Å². The zero-order valence-electron chi connectivity index (χ0n) is 11.7. The largest absolute Gasteiger partial charge is 0.461 e. The molecule has 1 fully saturated rings. The highest BCUT2D eigenvalue weighted by Crippen LogP contribution is 2.12. The van der Waals surface area contributed by atoms with Crippen LogP contribution in [0.25, 0.3) is 0 Å². The van der Waals surface area contributed by atoms with Crippen molar-refractivity contribution in [1.82, 2.24) is 5.32 Å². The van der Waals surface area contributed by atoms with Crippen LogP contribution in [0.1, 0.15) is 33.1 Å². The van der Waals surface area contributed by atoms with Gasteiger partial charge in [0.1, 0.15) is 12.1 Å². The molecule has 0 aromatic rings. The van der Waals surface area contributed by atoms with Crippen LogP contribution in [0.5, 0.6) is 0 Å². The Morgan fingerprint density at radius 2 is 2.10 bits per heavy atom. The highest BCUT2D eigenvalue weighted by molar-refractivity contribution is 6.26. The lowest BCUT2D eigenvalue weighted by Gasteiger charge is -2.27. The van der Waals surface area contributed by atoms with E-state index in [2.05, 4.69) is 5.32 Å². The minimum atomic E-state index is -0.891. The van der Waals surface area contributed by atoms with Gasteiger partial charge in [0, 0.05) is 12.8 Å². The van der Waals surface area contributed by atoms with Crippen LogP contribution in [-0.4, -0.2) is 48.7 Å². The molecular formula is C13H20N2O5. The maximum Gasteiger partial charge on any atom is 0.328 e. The maximum atomic E-state index is 11.9. The summed E-state index contributed by atoms with van der Waals surface area (Å²) < 4.78 is 10.1. The van der Waals surface area contributed by atoms with Gasteiger partial charge < -0.3 is 20.2 Å². The van der Waals surface area contributed by atoms with E-state index in [1.54, 1.807) is 13.8 Å². The van der Waals surface area contributed by atoms with Gasteiger partial charge in [-0.25, -0.2) is 4.79 Å². The number of hydrogen-bond acceptors (Lipinski definition) is 6. The fourth-order valence-corrected chi connectivity index (χ4v) is 1.63. The Kier molecular flexibility index (Phi) is 6.30. The normalized spacial score (nSPS) is 18.9. The molecule has 0 aliphatic carbocycles. The minimum Gasteiger partial charge on any atom is -0.461 e. The number of amides is 1. The Balaban J connectivity index is 2.56. The molecule has 2 N–H and O–H groups in total. The number of esters is 1. The monoisotopic (exact) mass is 284 g/mol. The molecule has 112 valence electrons. The molecule has 1 rings (SSSR count). The maximum absolute atomic E-state index is 11.9. The van der Waals surface area contributed by atoms with Crippen LogP contribution in [-0.2, 0) is 23.9 Å². The topological polar surface area (TPSA) is 106 Å². The lowest BCUT2D eigenvalue weighted by molar-refractivity contribution is -0.156. The van der Waals surface area contributed by atoms with E-state index < -0.39 is 23.9 Å². The first-order valence-corrected chi connectivity index (χ1v) is 6.59. The zero-order valence-corrected chi connectivity index (χ0v) is 11.7. The number of rotatable bonds is 8. The third-order valence-corrected chi connectivity index (χ3v) is 2.78. The Labute approximate surface area is 117 Å². The number of carbonyl (C=O) groups excluding carboxylic acids is 3. The van der Waals surface area contributed by atoms with Crippen LogP contribution in [0.4, 0.5) is 0 Å². The summed E-state index contributed by atoms with van der Waals surface area (Å²) in [5.74, 6) is -1.35. The van der Waals surface area contributed by atoms with Gasteiger partial charge in [-0.05, 0) is 20.3 Å². The smallest absolute Gasteiger partial charge is 0.328 e. The standard InChI is InChI=1S/C13H20N2O5/c1-8(2)20-13(18)10(4-3-9(16)7-14)15-12(17)11-5-6-19-11/h7-8,10-11,14H,3-6H2,1-2H3,(H,15,17)/t10-,11-/m0/s1. The van der Waals surface area contributed by atoms with Gasteiger partial charge >= 0.3 is 5.97 Å². The molecule has 1 saturated heterocycles. The SMILES string of the molecule is CC(C)OC(=O)[C@H](CCC(=O)C=N)NC(=O)[C@@H]1CCO1. The first-order chi connectivity index (χ1) is 9.43. The summed E-state index contributed by atoms with van der Waals surface area (Å²) in [5, 5.41) is 9.36. The van der Waals surface area contributed by atoms with Crippen molar-refractivity contribution in [2.75, 3.05) is 6.61 Å². The van der Waals surface area contributed by atoms with E-state index in [0.717, 1.165) is 0 Å². The molecule has 7 heteroatoms. The van der Waals surface area contributed by atoms with Gasteiger partial charge in [0.2, 0.25) is 5.91 Å². The molecule has 7 nitrogen and oxygen atoms in total. The van der Waals surface area contributed by atoms with Crippen LogP contribution < -0.4 is 5.32 Å². The van der Waals surface area contributed by atoms with E-state index in [1.807, 2.05) is 0 Å². The molecule has 0 aromatic heterocycles. The highest BCUT2D eigenvalue weighted by Gasteiger charge is 2.31. The number of hydrogen-bond donors (Lipinski definition) is 2. The number of nitrogens with one attached hydrogen (secondary N) is 2. The molecule has 1 heterocycles. The summed E-state index contributed by atoms with van der Waals surface area (Å²) in [4.78, 5) is 34.8. The summed E-state index contributed by atoms with van der Waals surface area (Å²) in [5.41, 5.74) is 0. The minimum absolute atomic E-state index is 0.00711. The van der Waals surface area contributed by atoms with Gasteiger partial charge in [-0.3, -0.25) is 9.59 Å². The molecule has 0 radical (unpaired) electrons. The van der Waals surface area contributed by atoms with Crippen molar-refractivity contribution in [2.24, 2.45) is 0 Å². The first kappa shape index (κ1) is 16.3. The highest BCUT2D eigenvalue weighted by atomic mass is 16.5. The van der Waals surface area contributed by atoms with Crippen molar-refractivity contribution in [2.45, 2.75) is 51.4 Å². The number of Topliss-reactive ketones (excluding diaryl/α,β-unsaturated/α-hetero) is 1. The van der Waals surface area contributed by atoms with E-state index in [-0.39, 0.29) is 24.9 Å². The first-order valence-electron chi connectivity index (χ1n) is 6.59. The molecule has 1 aliphatic rings. The van der Waals surface area contributed by atoms with Crippen molar-refractivity contribution in [3.05, 3.63) is 0 Å². The van der Waals surface area contributed by atoms with Crippen molar-refractivity contribution >= 4 is 23.9 Å². The Morgan fingerprint density at radius 3 is 2.55 bits per heavy atom. The van der Waals surface area contributed by atoms with E-state index in [9.17, 15) is 14.4 Å². The van der Waals surface area contributed by atoms with Crippen molar-refractivity contribution in [3.8, 4) is 0 Å². The van der Waals surface area contributed by atoms with Crippen LogP contribution >= 0.6 is 0 Å². The molecular weight excluding hydrogens is 264 g/mol. The predicted octanol–water partition coefficient (Wildman–Crippen LogP) is 0.211. The van der Waals surface area contributed by atoms with Gasteiger partial charge in [-0.2, -0.15) is 0 Å². The Morgan fingerprint density at radius 1 is 1.45 bits per heavy atom. The average molecular weight is 284 g/mol. The van der Waals surface area contributed by atoms with E-state index in [1.165, 1.54) is 0 Å². The summed E-state index contributed by atoms with van der Waals surface area (Å²) in [6.45, 7) is 3.94. The average Bonchev–Trinajstić information content (AvgIpc) is 2.30. The quantitative estimate of drug-likeness (QED) is 0.489. The molecule has 0 spiro atoms. The summed E-state index contributed by atoms with van der Waals surface area (Å²) in [6.07, 6.45) is 0.604. The van der Waals surface area contributed by atoms with Crippen LogP contribution in [0.15, 0.2) is 0 Å². The fourth-order valence-electron chi connectivity index (χ4n) is 1.63. The van der Waals surface area contributed by atoms with Crippen molar-refractivity contribution in [3.63, 3.8) is 0 Å².